The third-order valence-electron chi connectivity index (χ3n) is 5.83. The summed E-state index contributed by atoms with van der Waals surface area (Å²) in [6, 6.07) is 14.1. The van der Waals surface area contributed by atoms with Gasteiger partial charge < -0.3 is 9.80 Å². The quantitative estimate of drug-likeness (QED) is 0.670. The number of sulfonamides is 1. The number of hydrogen-bond donors (Lipinski definition) is 1. The lowest BCUT2D eigenvalue weighted by molar-refractivity contribution is 0.0635. The third-order valence-corrected chi connectivity index (χ3v) is 7.21. The summed E-state index contributed by atoms with van der Waals surface area (Å²) in [6.45, 7) is 3.50. The molecule has 1 atom stereocenters. The Morgan fingerprint density at radius 2 is 1.90 bits per heavy atom. The van der Waals surface area contributed by atoms with Crippen LogP contribution in [-0.4, -0.2) is 57.4 Å². The molecule has 3 rings (SSSR count). The molecule has 0 spiro atoms. The van der Waals surface area contributed by atoms with Gasteiger partial charge in [-0.05, 0) is 75.7 Å². The average Bonchev–Trinajstić information content (AvgIpc) is 2.78. The lowest BCUT2D eigenvalue weighted by Gasteiger charge is -2.36. The highest BCUT2D eigenvalue weighted by atomic mass is 32.2. The van der Waals surface area contributed by atoms with Gasteiger partial charge in [-0.25, -0.2) is 8.42 Å². The van der Waals surface area contributed by atoms with E-state index in [0.717, 1.165) is 32.1 Å². The van der Waals surface area contributed by atoms with E-state index in [-0.39, 0.29) is 10.8 Å². The summed E-state index contributed by atoms with van der Waals surface area (Å²) in [6.07, 6.45) is 5.22. The van der Waals surface area contributed by atoms with Crippen LogP contribution in [0.1, 0.15) is 48.5 Å². The van der Waals surface area contributed by atoms with Gasteiger partial charge in [0.2, 0.25) is 0 Å². The maximum absolute atomic E-state index is 13.0. The van der Waals surface area contributed by atoms with E-state index in [0.29, 0.717) is 30.4 Å². The number of anilines is 1. The number of piperidine rings is 1. The van der Waals surface area contributed by atoms with Gasteiger partial charge in [0, 0.05) is 30.4 Å². The summed E-state index contributed by atoms with van der Waals surface area (Å²) in [7, 11) is 0.260. The van der Waals surface area contributed by atoms with Crippen LogP contribution < -0.4 is 4.72 Å². The molecule has 0 saturated carbocycles. The van der Waals surface area contributed by atoms with Gasteiger partial charge in [0.05, 0.1) is 4.90 Å². The number of hydrogen-bond acceptors (Lipinski definition) is 4. The molecule has 1 fully saturated rings. The highest BCUT2D eigenvalue weighted by Gasteiger charge is 2.26. The number of likely N-dealkylation sites (tertiary alicyclic amines) is 1. The summed E-state index contributed by atoms with van der Waals surface area (Å²) in [5.41, 5.74) is 2.11. The van der Waals surface area contributed by atoms with Crippen LogP contribution in [0.2, 0.25) is 0 Å². The number of likely N-dealkylation sites (N-methyl/N-ethyl adjacent to an activating group) is 1. The molecule has 2 aromatic rings. The van der Waals surface area contributed by atoms with Gasteiger partial charge in [0.15, 0.2) is 0 Å². The van der Waals surface area contributed by atoms with Gasteiger partial charge in [-0.1, -0.05) is 31.5 Å². The zero-order valence-electron chi connectivity index (χ0n) is 18.7. The second kappa shape index (κ2) is 10.3. The molecule has 1 amide bonds. The first-order valence-corrected chi connectivity index (χ1v) is 12.5. The van der Waals surface area contributed by atoms with Crippen LogP contribution in [0.3, 0.4) is 0 Å². The average molecular weight is 444 g/mol. The number of nitrogens with one attached hydrogen (secondary N) is 1. The minimum Gasteiger partial charge on any atom is -0.337 e. The van der Waals surface area contributed by atoms with Crippen molar-refractivity contribution < 1.29 is 13.2 Å². The van der Waals surface area contributed by atoms with Gasteiger partial charge in [-0.2, -0.15) is 0 Å². The van der Waals surface area contributed by atoms with Crippen LogP contribution in [0, 0.1) is 0 Å². The normalized spacial score (nSPS) is 17.0. The molecule has 1 aliphatic heterocycles. The lowest BCUT2D eigenvalue weighted by Crippen LogP contribution is -2.47. The fourth-order valence-corrected chi connectivity index (χ4v) is 4.98. The SMILES string of the molecule is CCCCc1ccc(NS(=O)(=O)c2cccc(C(=O)N3CCCC(N(C)C)C3)c2)cc1. The Hall–Kier alpha value is -2.38. The Kier molecular flexibility index (Phi) is 7.73. The molecule has 2 aromatic carbocycles. The van der Waals surface area contributed by atoms with Crippen molar-refractivity contribution in [3.05, 3.63) is 59.7 Å². The fraction of sp³-hybridized carbons (Fsp3) is 0.458. The molecule has 1 saturated heterocycles. The van der Waals surface area contributed by atoms with Crippen molar-refractivity contribution in [3.63, 3.8) is 0 Å². The van der Waals surface area contributed by atoms with E-state index < -0.39 is 10.0 Å². The van der Waals surface area contributed by atoms with Gasteiger partial charge in [-0.15, -0.1) is 0 Å². The molecule has 168 valence electrons. The van der Waals surface area contributed by atoms with Gasteiger partial charge in [0.25, 0.3) is 15.9 Å². The van der Waals surface area contributed by atoms with Gasteiger partial charge in [-0.3, -0.25) is 9.52 Å². The number of unbranched alkanes of at least 4 members (excludes halogenated alkanes) is 1. The second-order valence-corrected chi connectivity index (χ2v) is 10.1. The minimum absolute atomic E-state index is 0.0922. The molecular weight excluding hydrogens is 410 g/mol. The van der Waals surface area contributed by atoms with Crippen molar-refractivity contribution in [3.8, 4) is 0 Å². The van der Waals surface area contributed by atoms with Crippen LogP contribution >= 0.6 is 0 Å². The summed E-state index contributed by atoms with van der Waals surface area (Å²) in [5.74, 6) is -0.121. The molecule has 1 heterocycles. The number of carbonyl (C=O) groups is 1. The van der Waals surface area contributed by atoms with Crippen molar-refractivity contribution in [2.24, 2.45) is 0 Å². The van der Waals surface area contributed by atoms with E-state index in [1.54, 1.807) is 24.3 Å². The zero-order valence-corrected chi connectivity index (χ0v) is 19.5. The van der Waals surface area contributed by atoms with E-state index in [1.807, 2.05) is 31.1 Å². The van der Waals surface area contributed by atoms with Gasteiger partial charge in [0.1, 0.15) is 0 Å². The Bertz CT molecular complexity index is 987. The summed E-state index contributed by atoms with van der Waals surface area (Å²) < 4.78 is 28.4. The molecule has 0 bridgehead atoms. The summed E-state index contributed by atoms with van der Waals surface area (Å²) in [5, 5.41) is 0. The molecule has 7 heteroatoms. The Balaban J connectivity index is 1.73. The number of nitrogens with zero attached hydrogens (tertiary/aromatic N) is 2. The molecule has 6 nitrogen and oxygen atoms in total. The molecule has 1 unspecified atom stereocenters. The first-order valence-electron chi connectivity index (χ1n) is 11.0. The fourth-order valence-electron chi connectivity index (χ4n) is 3.87. The largest absolute Gasteiger partial charge is 0.337 e. The maximum atomic E-state index is 13.0. The number of amides is 1. The highest BCUT2D eigenvalue weighted by Crippen LogP contribution is 2.21. The second-order valence-electron chi connectivity index (χ2n) is 8.44. The van der Waals surface area contributed by atoms with E-state index in [1.165, 1.54) is 17.7 Å². The molecule has 31 heavy (non-hydrogen) atoms. The Morgan fingerprint density at radius 3 is 2.58 bits per heavy atom. The standard InChI is InChI=1S/C24H33N3O3S/c1-4-5-8-19-12-14-21(15-13-19)25-31(29,30)23-11-6-9-20(17-23)24(28)27-16-7-10-22(18-27)26(2)3/h6,9,11-15,17,22,25H,4-5,7-8,10,16,18H2,1-3H3. The molecule has 0 aromatic heterocycles. The van der Waals surface area contributed by atoms with E-state index >= 15 is 0 Å². The number of carbonyl (C=O) groups excluding carboxylic acids is 1. The lowest BCUT2D eigenvalue weighted by atomic mass is 10.0. The van der Waals surface area contributed by atoms with Crippen LogP contribution in [0.15, 0.2) is 53.4 Å². The Morgan fingerprint density at radius 1 is 1.16 bits per heavy atom. The van der Waals surface area contributed by atoms with Gasteiger partial charge >= 0.3 is 0 Å². The molecule has 1 aliphatic rings. The maximum Gasteiger partial charge on any atom is 0.261 e. The van der Waals surface area contributed by atoms with Crippen molar-refractivity contribution in [1.29, 1.82) is 0 Å². The molecule has 0 aliphatic carbocycles. The van der Waals surface area contributed by atoms with Crippen molar-refractivity contribution in [1.82, 2.24) is 9.80 Å². The Labute approximate surface area is 186 Å². The molecular formula is C24H33N3O3S. The van der Waals surface area contributed by atoms with Crippen molar-refractivity contribution >= 4 is 21.6 Å². The van der Waals surface area contributed by atoms with E-state index in [9.17, 15) is 13.2 Å². The summed E-state index contributed by atoms with van der Waals surface area (Å²) >= 11 is 0. The van der Waals surface area contributed by atoms with Crippen LogP contribution in [0.5, 0.6) is 0 Å². The van der Waals surface area contributed by atoms with Crippen molar-refractivity contribution in [2.45, 2.75) is 50.0 Å². The first kappa shape index (κ1) is 23.3. The van der Waals surface area contributed by atoms with Crippen LogP contribution in [-0.2, 0) is 16.4 Å². The predicted octanol–water partition coefficient (Wildman–Crippen LogP) is 4.00. The zero-order chi connectivity index (χ0) is 22.4. The number of aryl methyl sites for hydroxylation is 1. The van der Waals surface area contributed by atoms with Crippen molar-refractivity contribution in [2.75, 3.05) is 31.9 Å². The molecule has 0 radical (unpaired) electrons. The first-order chi connectivity index (χ1) is 14.8. The number of benzene rings is 2. The monoisotopic (exact) mass is 443 g/mol. The highest BCUT2D eigenvalue weighted by molar-refractivity contribution is 7.92. The predicted molar refractivity (Wildman–Crippen MR) is 125 cm³/mol. The number of rotatable bonds is 8. The van der Waals surface area contributed by atoms with Crippen LogP contribution in [0.4, 0.5) is 5.69 Å². The molecule has 1 N–H and O–H groups in total. The van der Waals surface area contributed by atoms with E-state index in [2.05, 4.69) is 16.5 Å². The topological polar surface area (TPSA) is 69.7 Å². The van der Waals surface area contributed by atoms with Crippen LogP contribution in [0.25, 0.3) is 0 Å². The minimum atomic E-state index is -3.78. The summed E-state index contributed by atoms with van der Waals surface area (Å²) in [4.78, 5) is 17.1. The smallest absolute Gasteiger partial charge is 0.261 e. The third kappa shape index (κ3) is 6.08. The van der Waals surface area contributed by atoms with E-state index in [4.69, 9.17) is 0 Å².